The largest absolute Gasteiger partial charge is 0.461 e. The van der Waals surface area contributed by atoms with Crippen molar-refractivity contribution in [3.63, 3.8) is 0 Å². The van der Waals surface area contributed by atoms with Gasteiger partial charge in [0.1, 0.15) is 5.75 Å². The second-order valence-electron chi connectivity index (χ2n) is 4.23. The van der Waals surface area contributed by atoms with Crippen LogP contribution in [0.15, 0.2) is 18.3 Å². The lowest BCUT2D eigenvalue weighted by molar-refractivity contribution is -0.105. The van der Waals surface area contributed by atoms with E-state index in [4.69, 9.17) is 4.74 Å². The fourth-order valence-corrected chi connectivity index (χ4v) is 1.20. The van der Waals surface area contributed by atoms with Crippen LogP contribution in [0.5, 0.6) is 5.75 Å². The maximum Gasteiger partial charge on any atom is 0.202 e. The van der Waals surface area contributed by atoms with Crippen molar-refractivity contribution in [2.75, 3.05) is 14.1 Å². The van der Waals surface area contributed by atoms with Crippen molar-refractivity contribution in [2.45, 2.75) is 26.2 Å². The zero-order valence-corrected chi connectivity index (χ0v) is 9.69. The molecule has 1 aromatic rings. The van der Waals surface area contributed by atoms with Gasteiger partial charge in [0.15, 0.2) is 0 Å². The summed E-state index contributed by atoms with van der Waals surface area (Å²) in [5.41, 5.74) is 0.824. The molecule has 0 radical (unpaired) electrons. The Labute approximate surface area is 90.5 Å². The molecule has 0 saturated carbocycles. The normalized spacial score (nSPS) is 11.9. The molecule has 1 aromatic heterocycles. The van der Waals surface area contributed by atoms with Crippen molar-refractivity contribution >= 4 is 0 Å². The lowest BCUT2D eigenvalue weighted by Gasteiger charge is -2.22. The summed E-state index contributed by atoms with van der Waals surface area (Å²) in [5, 5.41) is 9.57. The summed E-state index contributed by atoms with van der Waals surface area (Å²) in [6.45, 7) is 3.88. The summed E-state index contributed by atoms with van der Waals surface area (Å²) in [6.07, 6.45) is 1.72. The molecule has 4 heteroatoms. The van der Waals surface area contributed by atoms with Crippen LogP contribution in [0.25, 0.3) is 0 Å². The van der Waals surface area contributed by atoms with E-state index in [1.807, 2.05) is 25.1 Å². The van der Waals surface area contributed by atoms with Crippen LogP contribution in [0.3, 0.4) is 0 Å². The highest BCUT2D eigenvalue weighted by Gasteiger charge is 2.16. The van der Waals surface area contributed by atoms with Crippen molar-refractivity contribution in [1.82, 2.24) is 9.88 Å². The third-order valence-electron chi connectivity index (χ3n) is 1.67. The van der Waals surface area contributed by atoms with Crippen LogP contribution in [0, 0.1) is 0 Å². The minimum Gasteiger partial charge on any atom is -0.461 e. The zero-order valence-electron chi connectivity index (χ0n) is 9.69. The highest BCUT2D eigenvalue weighted by molar-refractivity contribution is 5.27. The van der Waals surface area contributed by atoms with Crippen molar-refractivity contribution in [2.24, 2.45) is 0 Å². The third kappa shape index (κ3) is 4.27. The molecule has 0 aromatic carbocycles. The Morgan fingerprint density at radius 3 is 2.67 bits per heavy atom. The zero-order chi connectivity index (χ0) is 11.5. The summed E-state index contributed by atoms with van der Waals surface area (Å²) in [5.74, 6) is -0.553. The van der Waals surface area contributed by atoms with Gasteiger partial charge < -0.3 is 14.7 Å². The molecule has 0 atom stereocenters. The molecular weight excluding hydrogens is 192 g/mol. The summed E-state index contributed by atoms with van der Waals surface area (Å²) < 4.78 is 5.40. The lowest BCUT2D eigenvalue weighted by Crippen LogP contribution is -2.28. The minimum absolute atomic E-state index is 0.624. The Balaban J connectivity index is 2.86. The van der Waals surface area contributed by atoms with E-state index in [9.17, 15) is 5.11 Å². The Morgan fingerprint density at radius 1 is 1.47 bits per heavy atom. The predicted octanol–water partition coefficient (Wildman–Crippen LogP) is 1.25. The Morgan fingerprint density at radius 2 is 2.13 bits per heavy atom. The molecule has 1 N–H and O–H groups in total. The number of aromatic nitrogens is 1. The fourth-order valence-electron chi connectivity index (χ4n) is 1.20. The molecule has 0 fully saturated rings. The Kier molecular flexibility index (Phi) is 3.66. The van der Waals surface area contributed by atoms with Crippen LogP contribution < -0.4 is 4.74 Å². The van der Waals surface area contributed by atoms with E-state index in [0.717, 1.165) is 5.69 Å². The fraction of sp³-hybridized carbons (Fsp3) is 0.545. The van der Waals surface area contributed by atoms with Crippen LogP contribution in [-0.2, 0) is 6.54 Å². The summed E-state index contributed by atoms with van der Waals surface area (Å²) in [7, 11) is 3.92. The number of rotatable bonds is 4. The monoisotopic (exact) mass is 210 g/mol. The molecule has 0 amide bonds. The van der Waals surface area contributed by atoms with E-state index in [1.165, 1.54) is 0 Å². The van der Waals surface area contributed by atoms with Gasteiger partial charge in [-0.15, -0.1) is 0 Å². The van der Waals surface area contributed by atoms with Gasteiger partial charge in [-0.3, -0.25) is 4.98 Å². The first-order chi connectivity index (χ1) is 6.88. The first-order valence-electron chi connectivity index (χ1n) is 4.88. The number of hydrogen-bond acceptors (Lipinski definition) is 4. The van der Waals surface area contributed by atoms with Gasteiger partial charge in [0, 0.05) is 26.6 Å². The topological polar surface area (TPSA) is 45.6 Å². The van der Waals surface area contributed by atoms with Crippen molar-refractivity contribution in [1.29, 1.82) is 0 Å². The molecular formula is C11H18N2O2. The van der Waals surface area contributed by atoms with Crippen LogP contribution in [0.1, 0.15) is 19.5 Å². The molecule has 1 heterocycles. The van der Waals surface area contributed by atoms with Crippen molar-refractivity contribution in [3.8, 4) is 5.75 Å². The first kappa shape index (κ1) is 11.9. The van der Waals surface area contributed by atoms with E-state index < -0.39 is 5.79 Å². The molecule has 0 aliphatic carbocycles. The second-order valence-corrected chi connectivity index (χ2v) is 4.23. The Bertz CT molecular complexity index is 319. The van der Waals surface area contributed by atoms with Gasteiger partial charge in [0.25, 0.3) is 0 Å². The Hall–Kier alpha value is -1.13. The van der Waals surface area contributed by atoms with Crippen LogP contribution >= 0.6 is 0 Å². The molecule has 0 saturated heterocycles. The number of aliphatic hydroxyl groups is 1. The minimum atomic E-state index is -1.18. The highest BCUT2D eigenvalue weighted by atomic mass is 16.6. The lowest BCUT2D eigenvalue weighted by atomic mass is 10.3. The van der Waals surface area contributed by atoms with E-state index in [-0.39, 0.29) is 0 Å². The molecule has 0 unspecified atom stereocenters. The molecule has 1 rings (SSSR count). The number of pyridine rings is 1. The van der Waals surface area contributed by atoms with Gasteiger partial charge in [-0.1, -0.05) is 0 Å². The maximum atomic E-state index is 9.57. The van der Waals surface area contributed by atoms with Gasteiger partial charge in [0.2, 0.25) is 5.79 Å². The SMILES string of the molecule is CN(C)Cc1ncccc1OC(C)(C)O. The van der Waals surface area contributed by atoms with E-state index in [2.05, 4.69) is 4.98 Å². The highest BCUT2D eigenvalue weighted by Crippen LogP contribution is 2.20. The van der Waals surface area contributed by atoms with Gasteiger partial charge in [-0.25, -0.2) is 0 Å². The number of nitrogens with zero attached hydrogens (tertiary/aromatic N) is 2. The van der Waals surface area contributed by atoms with Crippen molar-refractivity contribution in [3.05, 3.63) is 24.0 Å². The van der Waals surface area contributed by atoms with Crippen LogP contribution in [0.4, 0.5) is 0 Å². The second kappa shape index (κ2) is 4.59. The average molecular weight is 210 g/mol. The maximum absolute atomic E-state index is 9.57. The first-order valence-corrected chi connectivity index (χ1v) is 4.88. The summed E-state index contributed by atoms with van der Waals surface area (Å²) >= 11 is 0. The molecule has 15 heavy (non-hydrogen) atoms. The van der Waals surface area contributed by atoms with Gasteiger partial charge in [-0.2, -0.15) is 0 Å². The van der Waals surface area contributed by atoms with Gasteiger partial charge in [-0.05, 0) is 26.2 Å². The molecule has 0 aliphatic heterocycles. The van der Waals surface area contributed by atoms with E-state index in [1.54, 1.807) is 26.1 Å². The summed E-state index contributed by atoms with van der Waals surface area (Å²) in [4.78, 5) is 6.22. The van der Waals surface area contributed by atoms with Gasteiger partial charge in [0.05, 0.1) is 5.69 Å². The smallest absolute Gasteiger partial charge is 0.202 e. The van der Waals surface area contributed by atoms with Crippen molar-refractivity contribution < 1.29 is 9.84 Å². The average Bonchev–Trinajstić information content (AvgIpc) is 2.05. The predicted molar refractivity (Wildman–Crippen MR) is 58.6 cm³/mol. The van der Waals surface area contributed by atoms with Gasteiger partial charge >= 0.3 is 0 Å². The van der Waals surface area contributed by atoms with E-state index in [0.29, 0.717) is 12.3 Å². The third-order valence-corrected chi connectivity index (χ3v) is 1.67. The molecule has 0 bridgehead atoms. The van der Waals surface area contributed by atoms with E-state index >= 15 is 0 Å². The standard InChI is InChI=1S/C11H18N2O2/c1-11(2,14)15-10-6-5-7-12-9(10)8-13(3)4/h5-7,14H,8H2,1-4H3. The van der Waals surface area contributed by atoms with Crippen LogP contribution in [0.2, 0.25) is 0 Å². The number of ether oxygens (including phenoxy) is 1. The molecule has 0 spiro atoms. The number of hydrogen-bond donors (Lipinski definition) is 1. The van der Waals surface area contributed by atoms with Crippen LogP contribution in [-0.4, -0.2) is 34.9 Å². The molecule has 4 nitrogen and oxygen atoms in total. The molecule has 84 valence electrons. The quantitative estimate of drug-likeness (QED) is 0.760. The summed E-state index contributed by atoms with van der Waals surface area (Å²) in [6, 6.07) is 3.60. The molecule has 0 aliphatic rings.